The van der Waals surface area contributed by atoms with E-state index in [4.69, 9.17) is 0 Å². The Morgan fingerprint density at radius 2 is 2.14 bits per heavy atom. The summed E-state index contributed by atoms with van der Waals surface area (Å²) in [4.78, 5) is 15.1. The quantitative estimate of drug-likeness (QED) is 0.841. The van der Waals surface area contributed by atoms with E-state index in [1.165, 1.54) is 12.1 Å². The minimum Gasteiger partial charge on any atom is -0.341 e. The zero-order valence-corrected chi connectivity index (χ0v) is 13.8. The molecule has 1 atom stereocenters. The van der Waals surface area contributed by atoms with Gasteiger partial charge in [-0.25, -0.2) is 4.39 Å². The second kappa shape index (κ2) is 9.28. The van der Waals surface area contributed by atoms with Gasteiger partial charge in [0.1, 0.15) is 5.82 Å². The van der Waals surface area contributed by atoms with Crippen LogP contribution >= 0.6 is 24.2 Å². The fourth-order valence-corrected chi connectivity index (χ4v) is 3.23. The lowest BCUT2D eigenvalue weighted by atomic mass is 10.1. The fraction of sp³-hybridized carbons (Fsp3) is 0.533. The van der Waals surface area contributed by atoms with Gasteiger partial charge < -0.3 is 10.2 Å². The molecule has 1 amide bonds. The Morgan fingerprint density at radius 1 is 1.43 bits per heavy atom. The Morgan fingerprint density at radius 3 is 2.81 bits per heavy atom. The molecule has 0 radical (unpaired) electrons. The number of piperidine rings is 1. The van der Waals surface area contributed by atoms with Crippen molar-refractivity contribution in [3.8, 4) is 0 Å². The van der Waals surface area contributed by atoms with Gasteiger partial charge in [0.05, 0.1) is 0 Å². The monoisotopic (exact) mass is 332 g/mol. The van der Waals surface area contributed by atoms with Crippen LogP contribution in [0.4, 0.5) is 4.39 Å². The van der Waals surface area contributed by atoms with E-state index >= 15 is 0 Å². The smallest absolute Gasteiger partial charge is 0.223 e. The molecule has 0 bridgehead atoms. The maximum Gasteiger partial charge on any atom is 0.223 e. The summed E-state index contributed by atoms with van der Waals surface area (Å²) in [6.45, 7) is 1.69. The SMILES string of the molecule is CNC1CCCN(C(=O)CCSc2ccc(F)cc2)C1.Cl. The molecular formula is C15H22ClFN2OS. The molecule has 1 unspecified atom stereocenters. The van der Waals surface area contributed by atoms with Gasteiger partial charge in [-0.15, -0.1) is 24.2 Å². The second-order valence-electron chi connectivity index (χ2n) is 5.02. The van der Waals surface area contributed by atoms with Gasteiger partial charge in [0, 0.05) is 36.2 Å². The highest BCUT2D eigenvalue weighted by atomic mass is 35.5. The number of halogens is 2. The lowest BCUT2D eigenvalue weighted by Gasteiger charge is -2.32. The third-order valence-electron chi connectivity index (χ3n) is 3.58. The Labute approximate surface area is 136 Å². The van der Waals surface area contributed by atoms with Gasteiger partial charge in [-0.05, 0) is 44.2 Å². The van der Waals surface area contributed by atoms with E-state index in [2.05, 4.69) is 5.32 Å². The molecule has 0 aromatic heterocycles. The zero-order valence-electron chi connectivity index (χ0n) is 12.2. The summed E-state index contributed by atoms with van der Waals surface area (Å²) >= 11 is 1.60. The van der Waals surface area contributed by atoms with E-state index in [0.717, 1.165) is 36.6 Å². The summed E-state index contributed by atoms with van der Waals surface area (Å²) in [7, 11) is 1.95. The number of likely N-dealkylation sites (tertiary alicyclic amines) is 1. The van der Waals surface area contributed by atoms with Crippen LogP contribution in [0, 0.1) is 5.82 Å². The molecule has 1 aromatic rings. The first kappa shape index (κ1) is 18.3. The normalized spacial score (nSPS) is 18.2. The van der Waals surface area contributed by atoms with Crippen molar-refractivity contribution in [1.82, 2.24) is 10.2 Å². The number of likely N-dealkylation sites (N-methyl/N-ethyl adjacent to an activating group) is 1. The Hall–Kier alpha value is -0.780. The molecule has 1 saturated heterocycles. The minimum atomic E-state index is -0.225. The summed E-state index contributed by atoms with van der Waals surface area (Å²) < 4.78 is 12.8. The van der Waals surface area contributed by atoms with Gasteiger partial charge in [0.2, 0.25) is 5.91 Å². The lowest BCUT2D eigenvalue weighted by molar-refractivity contribution is -0.132. The number of hydrogen-bond donors (Lipinski definition) is 1. The number of amides is 1. The van der Waals surface area contributed by atoms with Crippen molar-refractivity contribution in [3.63, 3.8) is 0 Å². The standard InChI is InChI=1S/C15H21FN2OS.ClH/c1-17-13-3-2-9-18(11-13)15(19)8-10-20-14-6-4-12(16)5-7-14;/h4-7,13,17H,2-3,8-11H2,1H3;1H. The van der Waals surface area contributed by atoms with E-state index in [0.29, 0.717) is 12.5 Å². The highest BCUT2D eigenvalue weighted by Crippen LogP contribution is 2.20. The number of nitrogens with one attached hydrogen (secondary N) is 1. The molecule has 3 nitrogen and oxygen atoms in total. The Kier molecular flexibility index (Phi) is 8.07. The number of carbonyl (C=O) groups is 1. The van der Waals surface area contributed by atoms with Crippen molar-refractivity contribution >= 4 is 30.1 Å². The average molecular weight is 333 g/mol. The van der Waals surface area contributed by atoms with Gasteiger partial charge in [-0.2, -0.15) is 0 Å². The summed E-state index contributed by atoms with van der Waals surface area (Å²) in [5, 5.41) is 3.24. The van der Waals surface area contributed by atoms with E-state index in [9.17, 15) is 9.18 Å². The molecule has 21 heavy (non-hydrogen) atoms. The third-order valence-corrected chi connectivity index (χ3v) is 4.59. The number of carbonyl (C=O) groups excluding carboxylic acids is 1. The van der Waals surface area contributed by atoms with Crippen LogP contribution in [-0.2, 0) is 4.79 Å². The van der Waals surface area contributed by atoms with Crippen LogP contribution in [0.3, 0.4) is 0 Å². The van der Waals surface area contributed by atoms with Crippen LogP contribution < -0.4 is 5.32 Å². The summed E-state index contributed by atoms with van der Waals surface area (Å²) in [5.74, 6) is 0.738. The number of benzene rings is 1. The van der Waals surface area contributed by atoms with Gasteiger partial charge in [-0.1, -0.05) is 0 Å². The Balaban J connectivity index is 0.00000220. The van der Waals surface area contributed by atoms with Crippen LogP contribution in [0.5, 0.6) is 0 Å². The predicted molar refractivity (Wildman–Crippen MR) is 87.7 cm³/mol. The predicted octanol–water partition coefficient (Wildman–Crippen LogP) is 2.94. The number of rotatable bonds is 5. The molecule has 1 aliphatic heterocycles. The largest absolute Gasteiger partial charge is 0.341 e. The Bertz CT molecular complexity index is 444. The number of thioether (sulfide) groups is 1. The molecule has 0 saturated carbocycles. The van der Waals surface area contributed by atoms with Gasteiger partial charge >= 0.3 is 0 Å². The summed E-state index contributed by atoms with van der Waals surface area (Å²) in [5.41, 5.74) is 0. The van der Waals surface area contributed by atoms with Crippen molar-refractivity contribution in [3.05, 3.63) is 30.1 Å². The molecule has 1 heterocycles. The van der Waals surface area contributed by atoms with Crippen LogP contribution in [0.15, 0.2) is 29.2 Å². The molecule has 1 fully saturated rings. The number of hydrogen-bond acceptors (Lipinski definition) is 3. The van der Waals surface area contributed by atoms with Crippen LogP contribution in [-0.4, -0.2) is 42.7 Å². The van der Waals surface area contributed by atoms with Gasteiger partial charge in [0.25, 0.3) is 0 Å². The van der Waals surface area contributed by atoms with Crippen LogP contribution in [0.2, 0.25) is 0 Å². The molecular weight excluding hydrogens is 311 g/mol. The first-order valence-corrected chi connectivity index (χ1v) is 8.01. The van der Waals surface area contributed by atoms with E-state index in [1.54, 1.807) is 23.9 Å². The lowest BCUT2D eigenvalue weighted by Crippen LogP contribution is -2.47. The van der Waals surface area contributed by atoms with Crippen molar-refractivity contribution in [2.75, 3.05) is 25.9 Å². The van der Waals surface area contributed by atoms with Crippen LogP contribution in [0.1, 0.15) is 19.3 Å². The second-order valence-corrected chi connectivity index (χ2v) is 6.19. The van der Waals surface area contributed by atoms with Crippen molar-refractivity contribution < 1.29 is 9.18 Å². The first-order chi connectivity index (χ1) is 9.69. The molecule has 1 aliphatic rings. The zero-order chi connectivity index (χ0) is 14.4. The van der Waals surface area contributed by atoms with E-state index in [1.807, 2.05) is 11.9 Å². The average Bonchev–Trinajstić information content (AvgIpc) is 2.49. The minimum absolute atomic E-state index is 0. The highest BCUT2D eigenvalue weighted by Gasteiger charge is 2.21. The summed E-state index contributed by atoms with van der Waals surface area (Å²) in [6, 6.07) is 6.83. The third kappa shape index (κ3) is 5.85. The maximum atomic E-state index is 12.8. The highest BCUT2D eigenvalue weighted by molar-refractivity contribution is 7.99. The molecule has 118 valence electrons. The number of nitrogens with zero attached hydrogens (tertiary/aromatic N) is 1. The van der Waals surface area contributed by atoms with Crippen molar-refractivity contribution in [2.45, 2.75) is 30.2 Å². The molecule has 0 aliphatic carbocycles. The van der Waals surface area contributed by atoms with Crippen molar-refractivity contribution in [2.24, 2.45) is 0 Å². The maximum absolute atomic E-state index is 12.8. The first-order valence-electron chi connectivity index (χ1n) is 7.02. The van der Waals surface area contributed by atoms with Crippen LogP contribution in [0.25, 0.3) is 0 Å². The molecule has 0 spiro atoms. The van der Waals surface area contributed by atoms with E-state index < -0.39 is 0 Å². The van der Waals surface area contributed by atoms with Gasteiger partial charge in [0.15, 0.2) is 0 Å². The molecule has 2 rings (SSSR count). The van der Waals surface area contributed by atoms with Crippen molar-refractivity contribution in [1.29, 1.82) is 0 Å². The molecule has 6 heteroatoms. The summed E-state index contributed by atoms with van der Waals surface area (Å²) in [6.07, 6.45) is 2.76. The molecule has 1 aromatic carbocycles. The molecule has 1 N–H and O–H groups in total. The fourth-order valence-electron chi connectivity index (χ4n) is 2.38. The van der Waals surface area contributed by atoms with E-state index in [-0.39, 0.29) is 24.1 Å². The van der Waals surface area contributed by atoms with Gasteiger partial charge in [-0.3, -0.25) is 4.79 Å². The topological polar surface area (TPSA) is 32.3 Å².